The van der Waals surface area contributed by atoms with Crippen LogP contribution in [0.3, 0.4) is 0 Å². The van der Waals surface area contributed by atoms with E-state index in [2.05, 4.69) is 10.1 Å². The Morgan fingerprint density at radius 2 is 1.65 bits per heavy atom. The molecule has 3 N–H and O–H groups in total. The van der Waals surface area contributed by atoms with Crippen LogP contribution in [0.5, 0.6) is 5.75 Å². The molecule has 0 atom stereocenters. The molecule has 0 aliphatic heterocycles. The fourth-order valence-electron chi connectivity index (χ4n) is 1.62. The first-order valence-corrected chi connectivity index (χ1v) is 5.52. The number of alkyl halides is 2. The number of hydrogen-bond donors (Lipinski definition) is 2. The van der Waals surface area contributed by atoms with Crippen LogP contribution in [0, 0.1) is 11.6 Å². The molecule has 3 nitrogen and oxygen atoms in total. The van der Waals surface area contributed by atoms with E-state index in [-0.39, 0.29) is 17.1 Å². The number of para-hydroxylation sites is 2. The zero-order valence-corrected chi connectivity index (χ0v) is 10.0. The van der Waals surface area contributed by atoms with Gasteiger partial charge in [-0.1, -0.05) is 12.1 Å². The number of ether oxygens (including phenoxy) is 1. The summed E-state index contributed by atoms with van der Waals surface area (Å²) in [5.74, 6) is -2.10. The van der Waals surface area contributed by atoms with Gasteiger partial charge in [0.05, 0.1) is 5.69 Å². The van der Waals surface area contributed by atoms with Crippen LogP contribution in [-0.4, -0.2) is 6.61 Å². The second kappa shape index (κ2) is 5.68. The lowest BCUT2D eigenvalue weighted by Crippen LogP contribution is -2.06. The number of rotatable bonds is 4. The third-order valence-corrected chi connectivity index (χ3v) is 2.43. The summed E-state index contributed by atoms with van der Waals surface area (Å²) in [6.07, 6.45) is 0. The van der Waals surface area contributed by atoms with Gasteiger partial charge in [-0.2, -0.15) is 8.78 Å². The Morgan fingerprint density at radius 3 is 2.25 bits per heavy atom. The maximum absolute atomic E-state index is 13.6. The molecule has 0 radical (unpaired) electrons. The van der Waals surface area contributed by atoms with E-state index in [4.69, 9.17) is 5.73 Å². The van der Waals surface area contributed by atoms with Crippen molar-refractivity contribution < 1.29 is 22.3 Å². The molecule has 0 aliphatic carbocycles. The van der Waals surface area contributed by atoms with Crippen LogP contribution in [0.2, 0.25) is 0 Å². The summed E-state index contributed by atoms with van der Waals surface area (Å²) in [7, 11) is 0. The van der Waals surface area contributed by atoms with Gasteiger partial charge < -0.3 is 15.8 Å². The quantitative estimate of drug-likeness (QED) is 0.662. The van der Waals surface area contributed by atoms with Crippen molar-refractivity contribution in [3.63, 3.8) is 0 Å². The number of nitrogens with one attached hydrogen (secondary N) is 1. The fraction of sp³-hybridized carbons (Fsp3) is 0.0769. The first-order valence-electron chi connectivity index (χ1n) is 5.52. The van der Waals surface area contributed by atoms with Gasteiger partial charge in [-0.15, -0.1) is 0 Å². The van der Waals surface area contributed by atoms with Crippen molar-refractivity contribution >= 4 is 17.1 Å². The minimum absolute atomic E-state index is 0.00960. The summed E-state index contributed by atoms with van der Waals surface area (Å²) < 4.78 is 56.0. The molecule has 7 heteroatoms. The molecule has 0 aliphatic rings. The van der Waals surface area contributed by atoms with E-state index in [9.17, 15) is 17.6 Å². The summed E-state index contributed by atoms with van der Waals surface area (Å²) >= 11 is 0. The number of nitrogens with two attached hydrogens (primary N) is 1. The van der Waals surface area contributed by atoms with Gasteiger partial charge in [0, 0.05) is 5.69 Å². The monoisotopic (exact) mass is 286 g/mol. The molecule has 106 valence electrons. The van der Waals surface area contributed by atoms with E-state index < -0.39 is 23.9 Å². The summed E-state index contributed by atoms with van der Waals surface area (Å²) in [4.78, 5) is 0. The Morgan fingerprint density at radius 1 is 1.05 bits per heavy atom. The van der Waals surface area contributed by atoms with Crippen LogP contribution in [0.1, 0.15) is 0 Å². The Labute approximate surface area is 112 Å². The molecule has 0 saturated heterocycles. The zero-order chi connectivity index (χ0) is 14.7. The molecule has 0 spiro atoms. The minimum Gasteiger partial charge on any atom is -0.433 e. The normalized spacial score (nSPS) is 10.7. The second-order valence-corrected chi connectivity index (χ2v) is 3.86. The van der Waals surface area contributed by atoms with Gasteiger partial charge >= 0.3 is 6.61 Å². The lowest BCUT2D eigenvalue weighted by Gasteiger charge is -2.13. The lowest BCUT2D eigenvalue weighted by atomic mass is 10.2. The molecule has 0 unspecified atom stereocenters. The Kier molecular flexibility index (Phi) is 3.97. The molecular formula is C13H10F4N2O. The van der Waals surface area contributed by atoms with Crippen molar-refractivity contribution in [2.75, 3.05) is 11.1 Å². The van der Waals surface area contributed by atoms with Crippen molar-refractivity contribution in [1.82, 2.24) is 0 Å². The summed E-state index contributed by atoms with van der Waals surface area (Å²) in [6.45, 7) is -3.04. The molecule has 0 heterocycles. The average Bonchev–Trinajstić information content (AvgIpc) is 2.34. The van der Waals surface area contributed by atoms with Gasteiger partial charge in [0.2, 0.25) is 0 Å². The predicted molar refractivity (Wildman–Crippen MR) is 67.1 cm³/mol. The van der Waals surface area contributed by atoms with Gasteiger partial charge in [-0.3, -0.25) is 0 Å². The molecule has 0 fully saturated rings. The fourth-order valence-corrected chi connectivity index (χ4v) is 1.62. The second-order valence-electron chi connectivity index (χ2n) is 3.86. The standard InChI is InChI=1S/C13H10F4N2O/c14-8-5-7(18)6-9(15)12(8)19-10-3-1-2-4-11(10)20-13(16)17/h1-6,13,19H,18H2. The largest absolute Gasteiger partial charge is 0.433 e. The van der Waals surface area contributed by atoms with Crippen molar-refractivity contribution in [3.8, 4) is 5.75 Å². The predicted octanol–water partition coefficient (Wildman–Crippen LogP) is 3.89. The molecule has 0 aromatic heterocycles. The Balaban J connectivity index is 2.35. The van der Waals surface area contributed by atoms with E-state index >= 15 is 0 Å². The van der Waals surface area contributed by atoms with Gasteiger partial charge in [-0.05, 0) is 24.3 Å². The first-order chi connectivity index (χ1) is 9.47. The Bertz CT molecular complexity index is 596. The Hall–Kier alpha value is -2.44. The highest BCUT2D eigenvalue weighted by Gasteiger charge is 2.14. The SMILES string of the molecule is Nc1cc(F)c(Nc2ccccc2OC(F)F)c(F)c1. The van der Waals surface area contributed by atoms with Gasteiger partial charge in [0.25, 0.3) is 0 Å². The van der Waals surface area contributed by atoms with Crippen LogP contribution < -0.4 is 15.8 Å². The van der Waals surface area contributed by atoms with Crippen molar-refractivity contribution in [1.29, 1.82) is 0 Å². The highest BCUT2D eigenvalue weighted by atomic mass is 19.3. The topological polar surface area (TPSA) is 47.3 Å². The van der Waals surface area contributed by atoms with E-state index in [1.54, 1.807) is 0 Å². The van der Waals surface area contributed by atoms with Crippen LogP contribution >= 0.6 is 0 Å². The van der Waals surface area contributed by atoms with Gasteiger partial charge in [0.15, 0.2) is 11.6 Å². The van der Waals surface area contributed by atoms with Crippen LogP contribution in [0.15, 0.2) is 36.4 Å². The molecule has 20 heavy (non-hydrogen) atoms. The molecule has 2 aromatic carbocycles. The molecule has 2 rings (SSSR count). The van der Waals surface area contributed by atoms with E-state index in [0.29, 0.717) is 0 Å². The smallest absolute Gasteiger partial charge is 0.387 e. The maximum Gasteiger partial charge on any atom is 0.387 e. The number of halogens is 4. The highest BCUT2D eigenvalue weighted by Crippen LogP contribution is 2.31. The van der Waals surface area contributed by atoms with Gasteiger partial charge in [-0.25, -0.2) is 8.78 Å². The molecule has 0 saturated carbocycles. The van der Waals surface area contributed by atoms with E-state index in [0.717, 1.165) is 12.1 Å². The number of nitrogen functional groups attached to an aromatic ring is 1. The third kappa shape index (κ3) is 3.11. The maximum atomic E-state index is 13.6. The number of hydrogen-bond acceptors (Lipinski definition) is 3. The van der Waals surface area contributed by atoms with E-state index in [1.165, 1.54) is 24.3 Å². The molecule has 0 amide bonds. The van der Waals surface area contributed by atoms with Crippen LogP contribution in [0.4, 0.5) is 34.6 Å². The molecule has 2 aromatic rings. The van der Waals surface area contributed by atoms with Crippen LogP contribution in [-0.2, 0) is 0 Å². The van der Waals surface area contributed by atoms with Gasteiger partial charge in [0.1, 0.15) is 11.4 Å². The molecule has 0 bridgehead atoms. The summed E-state index contributed by atoms with van der Waals surface area (Å²) in [5, 5.41) is 2.38. The first kappa shape index (κ1) is 14.0. The van der Waals surface area contributed by atoms with E-state index in [1.807, 2.05) is 0 Å². The van der Waals surface area contributed by atoms with Crippen molar-refractivity contribution in [2.45, 2.75) is 6.61 Å². The number of anilines is 3. The molecular weight excluding hydrogens is 276 g/mol. The van der Waals surface area contributed by atoms with Crippen molar-refractivity contribution in [2.24, 2.45) is 0 Å². The van der Waals surface area contributed by atoms with Crippen LogP contribution in [0.25, 0.3) is 0 Å². The highest BCUT2D eigenvalue weighted by molar-refractivity contribution is 5.68. The minimum atomic E-state index is -3.04. The summed E-state index contributed by atoms with van der Waals surface area (Å²) in [6, 6.07) is 7.41. The van der Waals surface area contributed by atoms with Crippen molar-refractivity contribution in [3.05, 3.63) is 48.0 Å². The third-order valence-electron chi connectivity index (χ3n) is 2.43. The zero-order valence-electron chi connectivity index (χ0n) is 10.0. The lowest BCUT2D eigenvalue weighted by molar-refractivity contribution is -0.0493. The summed E-state index contributed by atoms with van der Waals surface area (Å²) in [5.41, 5.74) is 4.72. The number of benzene rings is 2. The average molecular weight is 286 g/mol.